The Bertz CT molecular complexity index is 555. The van der Waals surface area contributed by atoms with Crippen LogP contribution in [0.5, 0.6) is 0 Å². The number of benzene rings is 1. The van der Waals surface area contributed by atoms with Gasteiger partial charge in [-0.1, -0.05) is 24.3 Å². The third kappa shape index (κ3) is 4.05. The summed E-state index contributed by atoms with van der Waals surface area (Å²) in [5.74, 6) is 0.267. The molecule has 4 nitrogen and oxygen atoms in total. The van der Waals surface area contributed by atoms with E-state index in [1.807, 2.05) is 12.1 Å². The average molecular weight is 308 g/mol. The number of hydrogen-bond donors (Lipinski definition) is 1. The van der Waals surface area contributed by atoms with Crippen molar-refractivity contribution in [1.29, 1.82) is 0 Å². The molecule has 0 aromatic heterocycles. The van der Waals surface area contributed by atoms with Crippen LogP contribution in [0.25, 0.3) is 0 Å². The summed E-state index contributed by atoms with van der Waals surface area (Å²) in [4.78, 5) is 0. The zero-order valence-corrected chi connectivity index (χ0v) is 13.2. The predicted octanol–water partition coefficient (Wildman–Crippen LogP) is 1.56. The Hall–Kier alpha value is -0.910. The lowest BCUT2D eigenvalue weighted by Crippen LogP contribution is -2.36. The van der Waals surface area contributed by atoms with Gasteiger partial charge in [0, 0.05) is 19.1 Å². The van der Waals surface area contributed by atoms with Gasteiger partial charge < -0.3 is 5.32 Å². The first-order valence-electron chi connectivity index (χ1n) is 7.93. The second-order valence-electron chi connectivity index (χ2n) is 6.07. The molecule has 1 aromatic rings. The summed E-state index contributed by atoms with van der Waals surface area (Å²) < 4.78 is 26.6. The zero-order valence-electron chi connectivity index (χ0n) is 12.4. The molecular formula is C16H24N2O2S. The van der Waals surface area contributed by atoms with Crippen LogP contribution in [0.15, 0.2) is 24.3 Å². The molecule has 2 aliphatic rings. The normalized spacial score (nSPS) is 20.0. The summed E-state index contributed by atoms with van der Waals surface area (Å²) in [6, 6.07) is 8.95. The molecule has 116 valence electrons. The lowest BCUT2D eigenvalue weighted by atomic mass is 10.0. The van der Waals surface area contributed by atoms with Crippen LogP contribution in [0, 0.1) is 0 Å². The SMILES string of the molecule is O=S(=O)(CCCNC1CC1)N1CCc2ccccc2CC1. The Morgan fingerprint density at radius 3 is 2.29 bits per heavy atom. The number of rotatable bonds is 6. The monoisotopic (exact) mass is 308 g/mol. The molecule has 0 amide bonds. The van der Waals surface area contributed by atoms with Crippen molar-refractivity contribution in [2.75, 3.05) is 25.4 Å². The number of nitrogens with one attached hydrogen (secondary N) is 1. The van der Waals surface area contributed by atoms with Gasteiger partial charge in [-0.05, 0) is 49.8 Å². The maximum atomic E-state index is 12.4. The molecule has 1 aliphatic heterocycles. The molecule has 1 N–H and O–H groups in total. The van der Waals surface area contributed by atoms with Crippen LogP contribution in [-0.2, 0) is 22.9 Å². The second-order valence-corrected chi connectivity index (χ2v) is 8.15. The van der Waals surface area contributed by atoms with Crippen molar-refractivity contribution in [2.24, 2.45) is 0 Å². The lowest BCUT2D eigenvalue weighted by molar-refractivity contribution is 0.425. The highest BCUT2D eigenvalue weighted by molar-refractivity contribution is 7.89. The van der Waals surface area contributed by atoms with Crippen LogP contribution in [0.3, 0.4) is 0 Å². The van der Waals surface area contributed by atoms with Gasteiger partial charge >= 0.3 is 0 Å². The number of fused-ring (bicyclic) bond motifs is 1. The second kappa shape index (κ2) is 6.46. The van der Waals surface area contributed by atoms with E-state index in [0.717, 1.165) is 19.4 Å². The van der Waals surface area contributed by atoms with E-state index in [4.69, 9.17) is 0 Å². The third-order valence-electron chi connectivity index (χ3n) is 4.36. The Morgan fingerprint density at radius 1 is 1.10 bits per heavy atom. The van der Waals surface area contributed by atoms with E-state index >= 15 is 0 Å². The highest BCUT2D eigenvalue weighted by atomic mass is 32.2. The molecule has 0 radical (unpaired) electrons. The summed E-state index contributed by atoms with van der Waals surface area (Å²) >= 11 is 0. The Kier molecular flexibility index (Phi) is 4.62. The molecule has 1 fully saturated rings. The van der Waals surface area contributed by atoms with E-state index in [-0.39, 0.29) is 5.75 Å². The van der Waals surface area contributed by atoms with Crippen molar-refractivity contribution in [3.8, 4) is 0 Å². The number of hydrogen-bond acceptors (Lipinski definition) is 3. The van der Waals surface area contributed by atoms with Gasteiger partial charge in [-0.2, -0.15) is 0 Å². The van der Waals surface area contributed by atoms with Crippen LogP contribution < -0.4 is 5.32 Å². The van der Waals surface area contributed by atoms with Gasteiger partial charge in [-0.15, -0.1) is 0 Å². The van der Waals surface area contributed by atoms with Gasteiger partial charge in [0.25, 0.3) is 0 Å². The van der Waals surface area contributed by atoms with Crippen molar-refractivity contribution in [1.82, 2.24) is 9.62 Å². The quantitative estimate of drug-likeness (QED) is 0.811. The summed E-state index contributed by atoms with van der Waals surface area (Å²) in [6.07, 6.45) is 4.86. The minimum Gasteiger partial charge on any atom is -0.314 e. The molecule has 0 atom stereocenters. The lowest BCUT2D eigenvalue weighted by Gasteiger charge is -2.19. The first-order valence-corrected chi connectivity index (χ1v) is 9.54. The molecule has 1 saturated carbocycles. The molecule has 5 heteroatoms. The maximum absolute atomic E-state index is 12.4. The van der Waals surface area contributed by atoms with Crippen LogP contribution >= 0.6 is 0 Å². The first kappa shape index (κ1) is 15.0. The fourth-order valence-electron chi connectivity index (χ4n) is 2.90. The molecule has 3 rings (SSSR count). The van der Waals surface area contributed by atoms with E-state index in [1.165, 1.54) is 24.0 Å². The summed E-state index contributed by atoms with van der Waals surface area (Å²) in [7, 11) is -3.11. The Balaban J connectivity index is 1.53. The molecule has 21 heavy (non-hydrogen) atoms. The number of nitrogens with zero attached hydrogens (tertiary/aromatic N) is 1. The summed E-state index contributed by atoms with van der Waals surface area (Å²) in [5.41, 5.74) is 2.59. The Labute approximate surface area is 127 Å². The number of sulfonamides is 1. The fourth-order valence-corrected chi connectivity index (χ4v) is 4.41. The van der Waals surface area contributed by atoms with E-state index in [0.29, 0.717) is 25.6 Å². The van der Waals surface area contributed by atoms with Crippen LogP contribution in [-0.4, -0.2) is 44.2 Å². The molecule has 1 heterocycles. The fraction of sp³-hybridized carbons (Fsp3) is 0.625. The molecule has 0 saturated heterocycles. The predicted molar refractivity (Wildman–Crippen MR) is 84.9 cm³/mol. The molecule has 0 spiro atoms. The molecule has 1 aromatic carbocycles. The first-order chi connectivity index (χ1) is 10.1. The molecule has 0 unspecified atom stereocenters. The van der Waals surface area contributed by atoms with E-state index in [2.05, 4.69) is 17.4 Å². The van der Waals surface area contributed by atoms with E-state index < -0.39 is 10.0 Å². The highest BCUT2D eigenvalue weighted by Gasteiger charge is 2.25. The van der Waals surface area contributed by atoms with Gasteiger partial charge in [0.1, 0.15) is 0 Å². The van der Waals surface area contributed by atoms with Crippen LogP contribution in [0.4, 0.5) is 0 Å². The third-order valence-corrected chi connectivity index (χ3v) is 6.32. The average Bonchev–Trinajstić information content (AvgIpc) is 3.30. The van der Waals surface area contributed by atoms with Crippen molar-refractivity contribution in [2.45, 2.75) is 38.1 Å². The van der Waals surface area contributed by atoms with Crippen molar-refractivity contribution < 1.29 is 8.42 Å². The van der Waals surface area contributed by atoms with Gasteiger partial charge in [0.15, 0.2) is 0 Å². The van der Waals surface area contributed by atoms with E-state index in [9.17, 15) is 8.42 Å². The standard InChI is InChI=1S/C16H24N2O2S/c19-21(20,13-3-10-17-16-6-7-16)18-11-8-14-4-1-2-5-15(14)9-12-18/h1-2,4-5,16-17H,3,6-13H2. The molecular weight excluding hydrogens is 284 g/mol. The smallest absolute Gasteiger partial charge is 0.214 e. The van der Waals surface area contributed by atoms with Gasteiger partial charge in [-0.25, -0.2) is 12.7 Å². The van der Waals surface area contributed by atoms with Crippen molar-refractivity contribution in [3.63, 3.8) is 0 Å². The van der Waals surface area contributed by atoms with Crippen molar-refractivity contribution in [3.05, 3.63) is 35.4 Å². The molecule has 1 aliphatic carbocycles. The van der Waals surface area contributed by atoms with Gasteiger partial charge in [0.2, 0.25) is 10.0 Å². The minimum absolute atomic E-state index is 0.267. The van der Waals surface area contributed by atoms with Crippen LogP contribution in [0.2, 0.25) is 0 Å². The van der Waals surface area contributed by atoms with E-state index in [1.54, 1.807) is 4.31 Å². The highest BCUT2D eigenvalue weighted by Crippen LogP contribution is 2.19. The molecule has 0 bridgehead atoms. The Morgan fingerprint density at radius 2 is 1.71 bits per heavy atom. The largest absolute Gasteiger partial charge is 0.314 e. The van der Waals surface area contributed by atoms with Gasteiger partial charge in [-0.3, -0.25) is 0 Å². The summed E-state index contributed by atoms with van der Waals surface area (Å²) in [5, 5.41) is 3.38. The summed E-state index contributed by atoms with van der Waals surface area (Å²) in [6.45, 7) is 2.06. The zero-order chi connectivity index (χ0) is 14.7. The minimum atomic E-state index is -3.11. The van der Waals surface area contributed by atoms with Crippen molar-refractivity contribution >= 4 is 10.0 Å². The van der Waals surface area contributed by atoms with Crippen LogP contribution in [0.1, 0.15) is 30.4 Å². The maximum Gasteiger partial charge on any atom is 0.214 e. The topological polar surface area (TPSA) is 49.4 Å². The van der Waals surface area contributed by atoms with Gasteiger partial charge in [0.05, 0.1) is 5.75 Å².